The zero-order valence-electron chi connectivity index (χ0n) is 12.7. The van der Waals surface area contributed by atoms with Crippen LogP contribution in [0, 0.1) is 0 Å². The molecule has 1 aromatic rings. The van der Waals surface area contributed by atoms with E-state index < -0.39 is 24.1 Å². The van der Waals surface area contributed by atoms with Crippen molar-refractivity contribution in [1.82, 2.24) is 4.90 Å². The van der Waals surface area contributed by atoms with Gasteiger partial charge in [0.2, 0.25) is 0 Å². The number of cyclic esters (lactones) is 2. The number of esters is 2. The fourth-order valence-corrected chi connectivity index (χ4v) is 2.35. The summed E-state index contributed by atoms with van der Waals surface area (Å²) in [6.45, 7) is 3.70. The minimum atomic E-state index is -0.777. The van der Waals surface area contributed by atoms with Crippen molar-refractivity contribution in [2.75, 3.05) is 0 Å². The lowest BCUT2D eigenvalue weighted by Gasteiger charge is -2.34. The third-order valence-electron chi connectivity index (χ3n) is 3.42. The number of ether oxygens (including phenoxy) is 2. The molecule has 2 rings (SSSR count). The normalized spacial score (nSPS) is 18.0. The van der Waals surface area contributed by atoms with Crippen LogP contribution in [0.2, 0.25) is 0 Å². The van der Waals surface area contributed by atoms with Crippen molar-refractivity contribution < 1.29 is 23.9 Å². The Morgan fingerprint density at radius 1 is 1.32 bits per heavy atom. The highest BCUT2D eigenvalue weighted by molar-refractivity contribution is 5.93. The largest absolute Gasteiger partial charge is 0.445 e. The third-order valence-corrected chi connectivity index (χ3v) is 3.42. The number of rotatable bonds is 4. The summed E-state index contributed by atoms with van der Waals surface area (Å²) < 4.78 is 9.89. The van der Waals surface area contributed by atoms with Crippen molar-refractivity contribution in [2.45, 2.75) is 45.4 Å². The third kappa shape index (κ3) is 3.84. The van der Waals surface area contributed by atoms with Crippen LogP contribution in [0.4, 0.5) is 4.79 Å². The number of benzene rings is 1. The number of hydrogen-bond acceptors (Lipinski definition) is 5. The van der Waals surface area contributed by atoms with Crippen molar-refractivity contribution >= 4 is 18.0 Å². The second kappa shape index (κ2) is 7.06. The molecule has 1 aromatic carbocycles. The first-order valence-electron chi connectivity index (χ1n) is 7.22. The Morgan fingerprint density at radius 2 is 2.00 bits per heavy atom. The molecule has 1 amide bonds. The molecule has 0 bridgehead atoms. The summed E-state index contributed by atoms with van der Waals surface area (Å²) in [6, 6.07) is 8.26. The molecule has 1 heterocycles. The molecule has 6 nitrogen and oxygen atoms in total. The number of nitrogens with zero attached hydrogens (tertiary/aromatic N) is 1. The van der Waals surface area contributed by atoms with E-state index in [1.54, 1.807) is 13.8 Å². The van der Waals surface area contributed by atoms with E-state index in [0.717, 1.165) is 5.56 Å². The molecule has 22 heavy (non-hydrogen) atoms. The summed E-state index contributed by atoms with van der Waals surface area (Å²) in [5, 5.41) is 0. The van der Waals surface area contributed by atoms with Crippen LogP contribution in [-0.4, -0.2) is 35.0 Å². The molecule has 1 saturated heterocycles. The van der Waals surface area contributed by atoms with Crippen molar-refractivity contribution in [2.24, 2.45) is 0 Å². The smallest absolute Gasteiger partial charge is 0.411 e. The first kappa shape index (κ1) is 16.0. The maximum absolute atomic E-state index is 12.3. The molecule has 118 valence electrons. The maximum atomic E-state index is 12.3. The Hall–Kier alpha value is -2.37. The summed E-state index contributed by atoms with van der Waals surface area (Å²) in [5.41, 5.74) is 0.862. The van der Waals surface area contributed by atoms with Crippen molar-refractivity contribution in [3.05, 3.63) is 35.9 Å². The lowest BCUT2D eigenvalue weighted by Crippen LogP contribution is -2.51. The van der Waals surface area contributed by atoms with E-state index in [2.05, 4.69) is 4.74 Å². The van der Waals surface area contributed by atoms with Crippen LogP contribution in [0.5, 0.6) is 0 Å². The van der Waals surface area contributed by atoms with Gasteiger partial charge in [-0.25, -0.2) is 9.59 Å². The summed E-state index contributed by atoms with van der Waals surface area (Å²) in [4.78, 5) is 36.6. The standard InChI is InChI=1S/C16H19NO5/c1-11(2)17(13-8-9-14(18)22-15(13)19)16(20)21-10-12-6-4-3-5-7-12/h3-7,11,13H,8-10H2,1-2H3/t13-/m0/s1. The summed E-state index contributed by atoms with van der Waals surface area (Å²) in [6.07, 6.45) is -0.211. The molecule has 0 aliphatic carbocycles. The summed E-state index contributed by atoms with van der Waals surface area (Å²) in [7, 11) is 0. The van der Waals surface area contributed by atoms with E-state index >= 15 is 0 Å². The Morgan fingerprint density at radius 3 is 2.59 bits per heavy atom. The average molecular weight is 305 g/mol. The zero-order chi connectivity index (χ0) is 16.1. The average Bonchev–Trinajstić information content (AvgIpc) is 2.48. The van der Waals surface area contributed by atoms with Crippen LogP contribution in [0.25, 0.3) is 0 Å². The molecule has 0 aromatic heterocycles. The van der Waals surface area contributed by atoms with Gasteiger partial charge in [-0.15, -0.1) is 0 Å². The van der Waals surface area contributed by atoms with Gasteiger partial charge >= 0.3 is 18.0 Å². The quantitative estimate of drug-likeness (QED) is 0.630. The van der Waals surface area contributed by atoms with Crippen molar-refractivity contribution in [3.63, 3.8) is 0 Å². The summed E-state index contributed by atoms with van der Waals surface area (Å²) in [5.74, 6) is -1.25. The van der Waals surface area contributed by atoms with Crippen LogP contribution in [0.1, 0.15) is 32.3 Å². The second-order valence-corrected chi connectivity index (χ2v) is 5.39. The zero-order valence-corrected chi connectivity index (χ0v) is 12.7. The van der Waals surface area contributed by atoms with E-state index in [0.29, 0.717) is 0 Å². The number of amides is 1. The highest BCUT2D eigenvalue weighted by Gasteiger charge is 2.38. The van der Waals surface area contributed by atoms with Gasteiger partial charge in [0.25, 0.3) is 0 Å². The predicted octanol–water partition coefficient (Wildman–Crippen LogP) is 2.27. The van der Waals surface area contributed by atoms with Crippen LogP contribution in [0.15, 0.2) is 30.3 Å². The second-order valence-electron chi connectivity index (χ2n) is 5.39. The highest BCUT2D eigenvalue weighted by Crippen LogP contribution is 2.19. The molecule has 6 heteroatoms. The lowest BCUT2D eigenvalue weighted by molar-refractivity contribution is -0.168. The molecular formula is C16H19NO5. The Bertz CT molecular complexity index is 555. The number of carbonyl (C=O) groups excluding carboxylic acids is 3. The van der Waals surface area contributed by atoms with Crippen LogP contribution >= 0.6 is 0 Å². The molecule has 1 atom stereocenters. The van der Waals surface area contributed by atoms with E-state index in [9.17, 15) is 14.4 Å². The van der Waals surface area contributed by atoms with Crippen LogP contribution in [0.3, 0.4) is 0 Å². The van der Waals surface area contributed by atoms with E-state index in [4.69, 9.17) is 4.74 Å². The van der Waals surface area contributed by atoms with Gasteiger partial charge in [-0.3, -0.25) is 9.69 Å². The van der Waals surface area contributed by atoms with E-state index in [-0.39, 0.29) is 25.5 Å². The SMILES string of the molecule is CC(C)N(C(=O)OCc1ccccc1)[C@H]1CCC(=O)OC1=O. The van der Waals surface area contributed by atoms with Gasteiger partial charge < -0.3 is 9.47 Å². The van der Waals surface area contributed by atoms with Gasteiger partial charge in [0, 0.05) is 12.5 Å². The van der Waals surface area contributed by atoms with Gasteiger partial charge in [-0.05, 0) is 25.8 Å². The Labute approximate surface area is 129 Å². The highest BCUT2D eigenvalue weighted by atomic mass is 16.6. The van der Waals surface area contributed by atoms with Crippen LogP contribution < -0.4 is 0 Å². The molecular weight excluding hydrogens is 286 g/mol. The maximum Gasteiger partial charge on any atom is 0.411 e. The fraction of sp³-hybridized carbons (Fsp3) is 0.438. The Balaban J connectivity index is 2.02. The molecule has 0 N–H and O–H groups in total. The molecule has 0 spiro atoms. The first-order chi connectivity index (χ1) is 10.5. The van der Waals surface area contributed by atoms with Crippen LogP contribution in [-0.2, 0) is 25.7 Å². The minimum Gasteiger partial charge on any atom is -0.445 e. The minimum absolute atomic E-state index is 0.117. The Kier molecular flexibility index (Phi) is 5.14. The van der Waals surface area contributed by atoms with Gasteiger partial charge in [0.05, 0.1) is 0 Å². The monoisotopic (exact) mass is 305 g/mol. The molecule has 0 saturated carbocycles. The number of hydrogen-bond donors (Lipinski definition) is 0. The summed E-state index contributed by atoms with van der Waals surface area (Å²) >= 11 is 0. The molecule has 0 unspecified atom stereocenters. The first-order valence-corrected chi connectivity index (χ1v) is 7.22. The molecule has 1 fully saturated rings. The predicted molar refractivity (Wildman–Crippen MR) is 77.7 cm³/mol. The van der Waals surface area contributed by atoms with E-state index in [1.165, 1.54) is 4.90 Å². The topological polar surface area (TPSA) is 72.9 Å². The van der Waals surface area contributed by atoms with Crippen molar-refractivity contribution in [3.8, 4) is 0 Å². The fourth-order valence-electron chi connectivity index (χ4n) is 2.35. The number of carbonyl (C=O) groups is 3. The van der Waals surface area contributed by atoms with Gasteiger partial charge in [-0.1, -0.05) is 30.3 Å². The van der Waals surface area contributed by atoms with Gasteiger partial charge in [0.15, 0.2) is 0 Å². The van der Waals surface area contributed by atoms with E-state index in [1.807, 2.05) is 30.3 Å². The van der Waals surface area contributed by atoms with Crippen molar-refractivity contribution in [1.29, 1.82) is 0 Å². The van der Waals surface area contributed by atoms with Gasteiger partial charge in [-0.2, -0.15) is 0 Å². The lowest BCUT2D eigenvalue weighted by atomic mass is 10.1. The molecule has 0 radical (unpaired) electrons. The van der Waals surface area contributed by atoms with Gasteiger partial charge in [0.1, 0.15) is 12.6 Å². The molecule has 1 aliphatic rings. The molecule has 1 aliphatic heterocycles.